The Bertz CT molecular complexity index is 776. The molecule has 8 heteroatoms. The van der Waals surface area contributed by atoms with Crippen molar-refractivity contribution in [1.82, 2.24) is 9.80 Å². The van der Waals surface area contributed by atoms with E-state index in [9.17, 15) is 18.0 Å². The molecule has 0 saturated carbocycles. The van der Waals surface area contributed by atoms with Crippen molar-refractivity contribution in [2.24, 2.45) is 5.92 Å². The molecule has 0 radical (unpaired) electrons. The first kappa shape index (κ1) is 16.9. The summed E-state index contributed by atoms with van der Waals surface area (Å²) in [6.45, 7) is 1.35. The van der Waals surface area contributed by atoms with E-state index >= 15 is 0 Å². The van der Waals surface area contributed by atoms with Crippen molar-refractivity contribution >= 4 is 21.7 Å². The van der Waals surface area contributed by atoms with Crippen LogP contribution in [-0.4, -0.2) is 75.7 Å². The van der Waals surface area contributed by atoms with Crippen LogP contribution in [0.4, 0.5) is 0 Å². The molecule has 1 aromatic rings. The van der Waals surface area contributed by atoms with Gasteiger partial charge < -0.3 is 14.5 Å². The highest BCUT2D eigenvalue weighted by Crippen LogP contribution is 2.22. The minimum Gasteiger partial charge on any atom is -0.378 e. The van der Waals surface area contributed by atoms with Crippen molar-refractivity contribution in [2.75, 3.05) is 39.6 Å². The summed E-state index contributed by atoms with van der Waals surface area (Å²) in [7, 11) is -1.65. The molecular formula is C16H20N2O5S. The van der Waals surface area contributed by atoms with E-state index in [0.717, 1.165) is 6.26 Å². The molecule has 24 heavy (non-hydrogen) atoms. The summed E-state index contributed by atoms with van der Waals surface area (Å²) in [5.74, 6) is -0.664. The Hall–Kier alpha value is -1.93. The molecule has 2 amide bonds. The average Bonchev–Trinajstić information content (AvgIpc) is 2.71. The van der Waals surface area contributed by atoms with Crippen LogP contribution >= 0.6 is 0 Å². The van der Waals surface area contributed by atoms with Gasteiger partial charge in [0.1, 0.15) is 0 Å². The van der Waals surface area contributed by atoms with E-state index in [0.29, 0.717) is 25.3 Å². The van der Waals surface area contributed by atoms with Gasteiger partial charge in [-0.15, -0.1) is 0 Å². The number of benzene rings is 1. The molecule has 2 heterocycles. The minimum atomic E-state index is -3.38. The van der Waals surface area contributed by atoms with Gasteiger partial charge >= 0.3 is 0 Å². The zero-order chi connectivity index (χ0) is 17.5. The molecule has 7 nitrogen and oxygen atoms in total. The smallest absolute Gasteiger partial charge is 0.253 e. The van der Waals surface area contributed by atoms with Crippen LogP contribution in [0, 0.1) is 5.92 Å². The van der Waals surface area contributed by atoms with Crippen LogP contribution in [0.15, 0.2) is 29.2 Å². The van der Waals surface area contributed by atoms with Gasteiger partial charge in [0.15, 0.2) is 9.84 Å². The van der Waals surface area contributed by atoms with Crippen molar-refractivity contribution in [3.8, 4) is 0 Å². The summed E-state index contributed by atoms with van der Waals surface area (Å²) in [5, 5.41) is 0. The lowest BCUT2D eigenvalue weighted by molar-refractivity contribution is -0.133. The van der Waals surface area contributed by atoms with E-state index < -0.39 is 9.84 Å². The van der Waals surface area contributed by atoms with Gasteiger partial charge in [-0.2, -0.15) is 0 Å². The van der Waals surface area contributed by atoms with E-state index in [1.54, 1.807) is 29.0 Å². The number of ether oxygens (including phenoxy) is 1. The van der Waals surface area contributed by atoms with Gasteiger partial charge in [0, 0.05) is 32.0 Å². The fraction of sp³-hybridized carbons (Fsp3) is 0.500. The van der Waals surface area contributed by atoms with Gasteiger partial charge in [0.25, 0.3) is 5.91 Å². The number of hydrogen-bond acceptors (Lipinski definition) is 5. The molecular weight excluding hydrogens is 332 g/mol. The maximum absolute atomic E-state index is 12.8. The van der Waals surface area contributed by atoms with Crippen molar-refractivity contribution in [1.29, 1.82) is 0 Å². The maximum atomic E-state index is 12.8. The third kappa shape index (κ3) is 3.16. The van der Waals surface area contributed by atoms with E-state index in [1.807, 2.05) is 0 Å². The molecule has 2 bridgehead atoms. The van der Waals surface area contributed by atoms with E-state index in [-0.39, 0.29) is 35.2 Å². The maximum Gasteiger partial charge on any atom is 0.253 e. The Kier molecular flexibility index (Phi) is 4.35. The molecule has 0 aliphatic carbocycles. The fourth-order valence-electron chi connectivity index (χ4n) is 3.11. The first-order valence-electron chi connectivity index (χ1n) is 7.71. The van der Waals surface area contributed by atoms with Crippen LogP contribution in [0.1, 0.15) is 10.4 Å². The molecule has 1 aromatic carbocycles. The summed E-state index contributed by atoms with van der Waals surface area (Å²) in [4.78, 5) is 28.6. The van der Waals surface area contributed by atoms with Crippen LogP contribution < -0.4 is 0 Å². The number of fused-ring (bicyclic) bond motifs is 3. The average molecular weight is 352 g/mol. The topological polar surface area (TPSA) is 84.0 Å². The molecule has 0 unspecified atom stereocenters. The molecule has 0 spiro atoms. The fourth-order valence-corrected chi connectivity index (χ4v) is 3.77. The Morgan fingerprint density at radius 2 is 2.00 bits per heavy atom. The Morgan fingerprint density at radius 3 is 2.71 bits per heavy atom. The lowest BCUT2D eigenvalue weighted by Crippen LogP contribution is -2.45. The van der Waals surface area contributed by atoms with E-state index in [1.165, 1.54) is 12.1 Å². The largest absolute Gasteiger partial charge is 0.378 e. The predicted octanol–water partition coefficient (Wildman–Crippen LogP) is 0.0193. The normalized spacial score (nSPS) is 24.7. The second kappa shape index (κ2) is 6.18. The third-order valence-corrected chi connectivity index (χ3v) is 5.65. The third-order valence-electron chi connectivity index (χ3n) is 4.54. The first-order chi connectivity index (χ1) is 11.3. The first-order valence-corrected chi connectivity index (χ1v) is 9.60. The summed E-state index contributed by atoms with van der Waals surface area (Å²) in [6, 6.07) is 5.82. The van der Waals surface area contributed by atoms with Gasteiger partial charge in [-0.25, -0.2) is 8.42 Å². The zero-order valence-corrected chi connectivity index (χ0v) is 14.5. The van der Waals surface area contributed by atoms with Crippen LogP contribution in [0.3, 0.4) is 0 Å². The molecule has 0 aromatic heterocycles. The molecule has 2 saturated heterocycles. The lowest BCUT2D eigenvalue weighted by Gasteiger charge is -2.29. The SMILES string of the molecule is CN1C(=O)[C@H]2COC[C@@H]1CN(C(=O)c1cccc(S(C)(=O)=O)c1)C2. The highest BCUT2D eigenvalue weighted by Gasteiger charge is 2.38. The van der Waals surface area contributed by atoms with Crippen molar-refractivity contribution < 1.29 is 22.7 Å². The van der Waals surface area contributed by atoms with Gasteiger partial charge in [-0.05, 0) is 18.2 Å². The highest BCUT2D eigenvalue weighted by molar-refractivity contribution is 7.90. The van der Waals surface area contributed by atoms with Gasteiger partial charge in [0.2, 0.25) is 5.91 Å². The molecule has 130 valence electrons. The van der Waals surface area contributed by atoms with Crippen molar-refractivity contribution in [3.05, 3.63) is 29.8 Å². The number of carbonyl (C=O) groups excluding carboxylic acids is 2. The second-order valence-electron chi connectivity index (χ2n) is 6.35. The summed E-state index contributed by atoms with van der Waals surface area (Å²) >= 11 is 0. The van der Waals surface area contributed by atoms with Crippen LogP contribution in [0.25, 0.3) is 0 Å². The van der Waals surface area contributed by atoms with Crippen LogP contribution in [0.2, 0.25) is 0 Å². The number of nitrogens with zero attached hydrogens (tertiary/aromatic N) is 2. The monoisotopic (exact) mass is 352 g/mol. The highest BCUT2D eigenvalue weighted by atomic mass is 32.2. The zero-order valence-electron chi connectivity index (χ0n) is 13.6. The Balaban J connectivity index is 1.89. The molecule has 3 rings (SSSR count). The van der Waals surface area contributed by atoms with Gasteiger partial charge in [-0.3, -0.25) is 9.59 Å². The van der Waals surface area contributed by atoms with E-state index in [4.69, 9.17) is 4.74 Å². The van der Waals surface area contributed by atoms with E-state index in [2.05, 4.69) is 0 Å². The quantitative estimate of drug-likeness (QED) is 0.749. The van der Waals surface area contributed by atoms with Crippen LogP contribution in [-0.2, 0) is 19.4 Å². The minimum absolute atomic E-state index is 0.0160. The second-order valence-corrected chi connectivity index (χ2v) is 8.36. The number of hydrogen-bond donors (Lipinski definition) is 0. The molecule has 2 fully saturated rings. The molecule has 0 N–H and O–H groups in total. The van der Waals surface area contributed by atoms with Crippen LogP contribution in [0.5, 0.6) is 0 Å². The molecule has 2 atom stereocenters. The lowest BCUT2D eigenvalue weighted by atomic mass is 10.1. The van der Waals surface area contributed by atoms with Crippen molar-refractivity contribution in [2.45, 2.75) is 10.9 Å². The molecule has 2 aliphatic rings. The number of carbonyl (C=O) groups is 2. The number of sulfone groups is 1. The summed E-state index contributed by atoms with van der Waals surface area (Å²) in [6.07, 6.45) is 1.11. The standard InChI is InChI=1S/C16H20N2O5S/c1-17-13-8-18(7-12(15(17)19)9-23-10-13)16(20)11-4-3-5-14(6-11)24(2,21)22/h3-6,12-13H,7-10H2,1-2H3/t12-,13+/m1/s1. The number of rotatable bonds is 2. The Labute approximate surface area is 141 Å². The van der Waals surface area contributed by atoms with Gasteiger partial charge in [0.05, 0.1) is 30.1 Å². The van der Waals surface area contributed by atoms with Gasteiger partial charge in [-0.1, -0.05) is 6.07 Å². The molecule has 2 aliphatic heterocycles. The summed E-state index contributed by atoms with van der Waals surface area (Å²) < 4.78 is 28.9. The Morgan fingerprint density at radius 1 is 1.25 bits per heavy atom. The van der Waals surface area contributed by atoms with Crippen molar-refractivity contribution in [3.63, 3.8) is 0 Å². The number of amides is 2. The predicted molar refractivity (Wildman–Crippen MR) is 86.3 cm³/mol. The number of likely N-dealkylation sites (N-methyl/N-ethyl adjacent to an activating group) is 1. The summed E-state index contributed by atoms with van der Waals surface area (Å²) in [5.41, 5.74) is 0.314.